The molecule has 0 radical (unpaired) electrons. The van der Waals surface area contributed by atoms with E-state index in [9.17, 15) is 13.9 Å². The fourth-order valence-corrected chi connectivity index (χ4v) is 2.03. The van der Waals surface area contributed by atoms with E-state index >= 15 is 0 Å². The average Bonchev–Trinajstić information content (AvgIpc) is 2.39. The van der Waals surface area contributed by atoms with Crippen LogP contribution in [-0.2, 0) is 6.54 Å². The van der Waals surface area contributed by atoms with Crippen molar-refractivity contribution in [3.8, 4) is 11.5 Å². The quantitative estimate of drug-likeness (QED) is 0.898. The van der Waals surface area contributed by atoms with E-state index in [1.54, 1.807) is 18.2 Å². The number of hydrogen-bond donors (Lipinski definition) is 2. The van der Waals surface area contributed by atoms with E-state index in [4.69, 9.17) is 16.3 Å². The number of nitrogens with one attached hydrogen (secondary N) is 1. The molecule has 0 heterocycles. The van der Waals surface area contributed by atoms with E-state index < -0.39 is 11.6 Å². The molecule has 6 heteroatoms. The molecule has 2 rings (SSSR count). The summed E-state index contributed by atoms with van der Waals surface area (Å²) in [6.07, 6.45) is 0. The number of halogens is 3. The van der Waals surface area contributed by atoms with E-state index in [0.29, 0.717) is 11.3 Å². The number of anilines is 1. The number of rotatable bonds is 4. The third-order valence-corrected chi connectivity index (χ3v) is 3.06. The zero-order valence-electron chi connectivity index (χ0n) is 10.6. The number of phenols is 1. The molecule has 3 nitrogen and oxygen atoms in total. The predicted octanol–water partition coefficient (Wildman–Crippen LogP) is 3.94. The Kier molecular flexibility index (Phi) is 4.29. The lowest BCUT2D eigenvalue weighted by atomic mass is 10.1. The van der Waals surface area contributed by atoms with Crippen LogP contribution in [-0.4, -0.2) is 12.2 Å². The zero-order valence-corrected chi connectivity index (χ0v) is 11.3. The van der Waals surface area contributed by atoms with Crippen molar-refractivity contribution >= 4 is 17.3 Å². The normalized spacial score (nSPS) is 10.4. The highest BCUT2D eigenvalue weighted by Gasteiger charge is 2.12. The van der Waals surface area contributed by atoms with Crippen LogP contribution < -0.4 is 10.1 Å². The number of ether oxygens (including phenoxy) is 1. The van der Waals surface area contributed by atoms with E-state index in [-0.39, 0.29) is 23.0 Å². The molecule has 2 aromatic carbocycles. The summed E-state index contributed by atoms with van der Waals surface area (Å²) < 4.78 is 31.5. The van der Waals surface area contributed by atoms with Crippen molar-refractivity contribution in [3.05, 3.63) is 52.6 Å². The highest BCUT2D eigenvalue weighted by Crippen LogP contribution is 2.31. The van der Waals surface area contributed by atoms with Crippen molar-refractivity contribution in [1.29, 1.82) is 0 Å². The number of hydrogen-bond acceptors (Lipinski definition) is 3. The van der Waals surface area contributed by atoms with Gasteiger partial charge in [0.1, 0.15) is 5.82 Å². The van der Waals surface area contributed by atoms with Gasteiger partial charge in [-0.15, -0.1) is 0 Å². The molecule has 106 valence electrons. The molecule has 0 fully saturated rings. The summed E-state index contributed by atoms with van der Waals surface area (Å²) in [6.45, 7) is 0.116. The molecule has 0 bridgehead atoms. The monoisotopic (exact) mass is 299 g/mol. The molecule has 2 N–H and O–H groups in total. The second-order valence-electron chi connectivity index (χ2n) is 4.07. The maximum atomic E-state index is 13.6. The van der Waals surface area contributed by atoms with Gasteiger partial charge in [-0.05, 0) is 12.1 Å². The van der Waals surface area contributed by atoms with Crippen LogP contribution in [0.4, 0.5) is 14.5 Å². The standard InChI is InChI=1S/C14H12ClF2NO2/c1-20-12-4-2-3-8(14(12)19)7-18-13-10(15)5-9(16)6-11(13)17/h2-6,18-19H,7H2,1H3. The lowest BCUT2D eigenvalue weighted by Crippen LogP contribution is -2.03. The van der Waals surface area contributed by atoms with Gasteiger partial charge in [-0.1, -0.05) is 23.7 Å². The van der Waals surface area contributed by atoms with Crippen LogP contribution in [0.15, 0.2) is 30.3 Å². The van der Waals surface area contributed by atoms with E-state index in [1.165, 1.54) is 7.11 Å². The van der Waals surface area contributed by atoms with E-state index in [0.717, 1.165) is 12.1 Å². The fraction of sp³-hybridized carbons (Fsp3) is 0.143. The van der Waals surface area contributed by atoms with Gasteiger partial charge in [-0.3, -0.25) is 0 Å². The first-order valence-corrected chi connectivity index (χ1v) is 6.14. The number of benzene rings is 2. The first kappa shape index (κ1) is 14.4. The van der Waals surface area contributed by atoms with Crippen molar-refractivity contribution in [2.75, 3.05) is 12.4 Å². The maximum Gasteiger partial charge on any atom is 0.162 e. The third-order valence-electron chi connectivity index (χ3n) is 2.76. The van der Waals surface area contributed by atoms with Crippen molar-refractivity contribution < 1.29 is 18.6 Å². The van der Waals surface area contributed by atoms with Gasteiger partial charge in [0.05, 0.1) is 17.8 Å². The second-order valence-corrected chi connectivity index (χ2v) is 4.47. The van der Waals surface area contributed by atoms with E-state index in [2.05, 4.69) is 5.32 Å². The summed E-state index contributed by atoms with van der Waals surface area (Å²) in [5.41, 5.74) is 0.486. The zero-order chi connectivity index (χ0) is 14.7. The second kappa shape index (κ2) is 5.96. The highest BCUT2D eigenvalue weighted by atomic mass is 35.5. The Morgan fingerprint density at radius 2 is 2.05 bits per heavy atom. The Morgan fingerprint density at radius 1 is 1.30 bits per heavy atom. The molecular formula is C14H12ClF2NO2. The van der Waals surface area contributed by atoms with Crippen LogP contribution in [0.2, 0.25) is 5.02 Å². The lowest BCUT2D eigenvalue weighted by molar-refractivity contribution is 0.371. The molecule has 2 aromatic rings. The smallest absolute Gasteiger partial charge is 0.162 e. The molecular weight excluding hydrogens is 288 g/mol. The number of aromatic hydroxyl groups is 1. The van der Waals surface area contributed by atoms with Crippen molar-refractivity contribution in [2.24, 2.45) is 0 Å². The molecule has 0 amide bonds. The maximum absolute atomic E-state index is 13.6. The van der Waals surface area contributed by atoms with Gasteiger partial charge in [0.2, 0.25) is 0 Å². The third kappa shape index (κ3) is 2.93. The largest absolute Gasteiger partial charge is 0.504 e. The predicted molar refractivity (Wildman–Crippen MR) is 73.4 cm³/mol. The number of para-hydroxylation sites is 1. The average molecular weight is 300 g/mol. The molecule has 0 saturated carbocycles. The Morgan fingerprint density at radius 3 is 2.70 bits per heavy atom. The van der Waals surface area contributed by atoms with Crippen LogP contribution in [0.1, 0.15) is 5.56 Å². The van der Waals surface area contributed by atoms with Crippen LogP contribution in [0.25, 0.3) is 0 Å². The van der Waals surface area contributed by atoms with Gasteiger partial charge in [0.25, 0.3) is 0 Å². The Bertz CT molecular complexity index is 612. The first-order chi connectivity index (χ1) is 9.52. The van der Waals surface area contributed by atoms with Gasteiger partial charge in [-0.25, -0.2) is 8.78 Å². The van der Waals surface area contributed by atoms with Gasteiger partial charge in [0.15, 0.2) is 17.3 Å². The molecule has 0 atom stereocenters. The molecule has 0 unspecified atom stereocenters. The Balaban J connectivity index is 2.21. The summed E-state index contributed by atoms with van der Waals surface area (Å²) in [4.78, 5) is 0. The van der Waals surface area contributed by atoms with Crippen LogP contribution in [0.3, 0.4) is 0 Å². The Labute approximate surface area is 119 Å². The Hall–Kier alpha value is -2.01. The molecule has 0 aromatic heterocycles. The van der Waals surface area contributed by atoms with Crippen molar-refractivity contribution in [3.63, 3.8) is 0 Å². The molecule has 0 saturated heterocycles. The summed E-state index contributed by atoms with van der Waals surface area (Å²) in [6, 6.07) is 6.70. The van der Waals surface area contributed by atoms with Gasteiger partial charge in [-0.2, -0.15) is 0 Å². The summed E-state index contributed by atoms with van der Waals surface area (Å²) in [5, 5.41) is 12.6. The van der Waals surface area contributed by atoms with Crippen molar-refractivity contribution in [2.45, 2.75) is 6.54 Å². The van der Waals surface area contributed by atoms with Crippen LogP contribution >= 0.6 is 11.6 Å². The minimum Gasteiger partial charge on any atom is -0.504 e. The molecule has 0 aliphatic heterocycles. The van der Waals surface area contributed by atoms with Gasteiger partial charge >= 0.3 is 0 Å². The van der Waals surface area contributed by atoms with Gasteiger partial charge < -0.3 is 15.2 Å². The topological polar surface area (TPSA) is 41.5 Å². The lowest BCUT2D eigenvalue weighted by Gasteiger charge is -2.12. The van der Waals surface area contributed by atoms with Crippen LogP contribution in [0, 0.1) is 11.6 Å². The molecule has 0 spiro atoms. The molecule has 0 aliphatic carbocycles. The van der Waals surface area contributed by atoms with Gasteiger partial charge in [0, 0.05) is 18.2 Å². The van der Waals surface area contributed by atoms with E-state index in [1.807, 2.05) is 0 Å². The van der Waals surface area contributed by atoms with Crippen LogP contribution in [0.5, 0.6) is 11.5 Å². The number of methoxy groups -OCH3 is 1. The SMILES string of the molecule is COc1cccc(CNc2c(F)cc(F)cc2Cl)c1O. The fourth-order valence-electron chi connectivity index (χ4n) is 1.77. The summed E-state index contributed by atoms with van der Waals surface area (Å²) in [5.74, 6) is -1.27. The summed E-state index contributed by atoms with van der Waals surface area (Å²) >= 11 is 5.77. The molecule has 0 aliphatic rings. The van der Waals surface area contributed by atoms with Crippen molar-refractivity contribution in [1.82, 2.24) is 0 Å². The highest BCUT2D eigenvalue weighted by molar-refractivity contribution is 6.33. The minimum absolute atomic E-state index is 0.0183. The first-order valence-electron chi connectivity index (χ1n) is 5.76. The molecule has 20 heavy (non-hydrogen) atoms. The number of phenolic OH excluding ortho intramolecular Hbond substituents is 1. The minimum atomic E-state index is -0.794. The summed E-state index contributed by atoms with van der Waals surface area (Å²) in [7, 11) is 1.43.